The van der Waals surface area contributed by atoms with Crippen LogP contribution in [0.4, 0.5) is 0 Å². The van der Waals surface area contributed by atoms with Gasteiger partial charge in [0.25, 0.3) is 0 Å². The van der Waals surface area contributed by atoms with Crippen LogP contribution in [0.1, 0.15) is 32.1 Å². The summed E-state index contributed by atoms with van der Waals surface area (Å²) in [6.45, 7) is 0. The molecule has 0 saturated carbocycles. The van der Waals surface area contributed by atoms with Crippen LogP contribution in [0.3, 0.4) is 0 Å². The molecule has 2 heterocycles. The van der Waals surface area contributed by atoms with Crippen molar-refractivity contribution in [1.29, 1.82) is 0 Å². The first kappa shape index (κ1) is 13.3. The number of hydrogen-bond acceptors (Lipinski definition) is 5. The summed E-state index contributed by atoms with van der Waals surface area (Å²) in [6.07, 6.45) is 2.00. The van der Waals surface area contributed by atoms with Crippen LogP contribution in [0.15, 0.2) is 0 Å². The van der Waals surface area contributed by atoms with Gasteiger partial charge in [0.15, 0.2) is 9.84 Å². The molecular weight excluding hydrogens is 258 g/mol. The molecule has 2 unspecified atom stereocenters. The van der Waals surface area contributed by atoms with E-state index in [0.717, 1.165) is 0 Å². The van der Waals surface area contributed by atoms with Gasteiger partial charge < -0.3 is 10.1 Å². The highest BCUT2D eigenvalue weighted by Gasteiger charge is 2.47. The molecule has 0 radical (unpaired) electrons. The van der Waals surface area contributed by atoms with Crippen LogP contribution in [0.5, 0.6) is 0 Å². The van der Waals surface area contributed by atoms with Gasteiger partial charge in [0.05, 0.1) is 17.6 Å². The number of hydrogen-bond donors (Lipinski definition) is 1. The molecule has 2 aliphatic rings. The van der Waals surface area contributed by atoms with Crippen molar-refractivity contribution < 1.29 is 22.7 Å². The van der Waals surface area contributed by atoms with Gasteiger partial charge in [0.1, 0.15) is 6.42 Å². The topological polar surface area (TPSA) is 89.5 Å². The van der Waals surface area contributed by atoms with Crippen molar-refractivity contribution in [2.24, 2.45) is 0 Å². The maximum Gasteiger partial charge on any atom is 0.315 e. The highest BCUT2D eigenvalue weighted by molar-refractivity contribution is 7.93. The number of fused-ring (bicyclic) bond motifs is 2. The molecule has 1 N–H and O–H groups in total. The van der Waals surface area contributed by atoms with E-state index >= 15 is 0 Å². The van der Waals surface area contributed by atoms with E-state index in [-0.39, 0.29) is 23.0 Å². The van der Waals surface area contributed by atoms with Crippen molar-refractivity contribution in [3.8, 4) is 0 Å². The maximum absolute atomic E-state index is 11.8. The number of ether oxygens (including phenoxy) is 1. The van der Waals surface area contributed by atoms with Crippen LogP contribution in [0, 0.1) is 0 Å². The summed E-state index contributed by atoms with van der Waals surface area (Å²) >= 11 is 0. The number of nitrogens with one attached hydrogen (secondary N) is 1. The van der Waals surface area contributed by atoms with Crippen LogP contribution in [-0.4, -0.2) is 43.9 Å². The monoisotopic (exact) mass is 275 g/mol. The summed E-state index contributed by atoms with van der Waals surface area (Å²) in [7, 11) is -1.74. The average molecular weight is 275 g/mol. The van der Waals surface area contributed by atoms with Crippen molar-refractivity contribution in [2.75, 3.05) is 7.11 Å². The molecule has 2 bridgehead atoms. The molecule has 2 saturated heterocycles. The lowest BCUT2D eigenvalue weighted by molar-refractivity contribution is -0.143. The normalized spacial score (nSPS) is 32.8. The lowest BCUT2D eigenvalue weighted by Gasteiger charge is -2.28. The fraction of sp³-hybridized carbons (Fsp3) is 0.818. The maximum atomic E-state index is 11.8. The van der Waals surface area contributed by atoms with Crippen LogP contribution >= 0.6 is 0 Å². The number of carbonyl (C=O) groups is 2. The third-order valence-corrected chi connectivity index (χ3v) is 6.45. The van der Waals surface area contributed by atoms with E-state index < -0.39 is 21.7 Å². The molecule has 2 fully saturated rings. The highest BCUT2D eigenvalue weighted by atomic mass is 32.2. The Labute approximate surface area is 106 Å². The number of esters is 1. The molecule has 0 aromatic carbocycles. The van der Waals surface area contributed by atoms with E-state index in [9.17, 15) is 18.0 Å². The van der Waals surface area contributed by atoms with Crippen LogP contribution in [0.25, 0.3) is 0 Å². The number of amides is 1. The number of sulfone groups is 1. The Morgan fingerprint density at radius 2 is 1.78 bits per heavy atom. The lowest BCUT2D eigenvalue weighted by atomic mass is 10.1. The van der Waals surface area contributed by atoms with Gasteiger partial charge in [-0.15, -0.1) is 0 Å². The molecule has 18 heavy (non-hydrogen) atoms. The Bertz CT molecular complexity index is 438. The highest BCUT2D eigenvalue weighted by Crippen LogP contribution is 2.38. The van der Waals surface area contributed by atoms with Crippen LogP contribution in [0.2, 0.25) is 0 Å². The van der Waals surface area contributed by atoms with E-state index in [0.29, 0.717) is 25.7 Å². The predicted octanol–water partition coefficient (Wildman–Crippen LogP) is -0.226. The molecule has 0 aromatic rings. The molecular formula is C11H17NO5S. The molecule has 2 atom stereocenters. The minimum absolute atomic E-state index is 0.136. The first-order valence-corrected chi connectivity index (χ1v) is 7.63. The third kappa shape index (κ3) is 2.50. The fourth-order valence-electron chi connectivity index (χ4n) is 2.81. The molecule has 2 rings (SSSR count). The van der Waals surface area contributed by atoms with E-state index in [4.69, 9.17) is 0 Å². The summed E-state index contributed by atoms with van der Waals surface area (Å²) in [4.78, 5) is 22.4. The Hall–Kier alpha value is -1.11. The second-order valence-corrected chi connectivity index (χ2v) is 7.41. The smallest absolute Gasteiger partial charge is 0.315 e. The zero-order valence-electron chi connectivity index (χ0n) is 10.2. The standard InChI is InChI=1S/C11H17NO5S/c1-17-11(14)6-10(13)12-7-4-8-2-3-9(5-7)18(8,15)16/h7-9H,2-6H2,1H3,(H,12,13). The van der Waals surface area contributed by atoms with Gasteiger partial charge in [-0.3, -0.25) is 9.59 Å². The number of carbonyl (C=O) groups excluding carboxylic acids is 2. The minimum Gasteiger partial charge on any atom is -0.469 e. The van der Waals surface area contributed by atoms with Crippen molar-refractivity contribution >= 4 is 21.7 Å². The first-order chi connectivity index (χ1) is 8.43. The summed E-state index contributed by atoms with van der Waals surface area (Å²) in [5, 5.41) is 2.08. The molecule has 102 valence electrons. The quantitative estimate of drug-likeness (QED) is 0.568. The third-order valence-electron chi connectivity index (χ3n) is 3.73. The van der Waals surface area contributed by atoms with Crippen LogP contribution in [-0.2, 0) is 24.2 Å². The Morgan fingerprint density at radius 1 is 1.22 bits per heavy atom. The van der Waals surface area contributed by atoms with Crippen molar-refractivity contribution in [1.82, 2.24) is 5.32 Å². The first-order valence-electron chi connectivity index (χ1n) is 6.02. The van der Waals surface area contributed by atoms with Gasteiger partial charge in [0, 0.05) is 6.04 Å². The van der Waals surface area contributed by atoms with Crippen molar-refractivity contribution in [2.45, 2.75) is 48.6 Å². The van der Waals surface area contributed by atoms with Gasteiger partial charge in [-0.25, -0.2) is 8.42 Å². The lowest BCUT2D eigenvalue weighted by Crippen LogP contribution is -2.45. The zero-order valence-corrected chi connectivity index (χ0v) is 11.0. The molecule has 2 aliphatic heterocycles. The molecule has 6 nitrogen and oxygen atoms in total. The Morgan fingerprint density at radius 3 is 2.28 bits per heavy atom. The Balaban J connectivity index is 1.90. The average Bonchev–Trinajstić information content (AvgIpc) is 2.51. The number of rotatable bonds is 3. The summed E-state index contributed by atoms with van der Waals surface area (Å²) in [5.41, 5.74) is 0. The SMILES string of the molecule is COC(=O)CC(=O)NC1CC2CCC(C1)S2(=O)=O. The summed E-state index contributed by atoms with van der Waals surface area (Å²) in [6, 6.07) is -0.136. The fourth-order valence-corrected chi connectivity index (χ4v) is 5.28. The predicted molar refractivity (Wildman–Crippen MR) is 63.5 cm³/mol. The van der Waals surface area contributed by atoms with E-state index in [1.165, 1.54) is 7.11 Å². The van der Waals surface area contributed by atoms with Gasteiger partial charge in [-0.1, -0.05) is 0 Å². The largest absolute Gasteiger partial charge is 0.469 e. The van der Waals surface area contributed by atoms with Gasteiger partial charge in [-0.05, 0) is 25.7 Å². The van der Waals surface area contributed by atoms with Crippen LogP contribution < -0.4 is 5.32 Å². The van der Waals surface area contributed by atoms with E-state index in [2.05, 4.69) is 10.1 Å². The van der Waals surface area contributed by atoms with Gasteiger partial charge >= 0.3 is 5.97 Å². The molecule has 7 heteroatoms. The van der Waals surface area contributed by atoms with E-state index in [1.807, 2.05) is 0 Å². The molecule has 0 spiro atoms. The minimum atomic E-state index is -2.97. The van der Waals surface area contributed by atoms with Gasteiger partial charge in [-0.2, -0.15) is 0 Å². The molecule has 0 aliphatic carbocycles. The van der Waals surface area contributed by atoms with Crippen molar-refractivity contribution in [3.63, 3.8) is 0 Å². The zero-order chi connectivity index (χ0) is 13.3. The van der Waals surface area contributed by atoms with E-state index in [1.54, 1.807) is 0 Å². The van der Waals surface area contributed by atoms with Crippen molar-refractivity contribution in [3.05, 3.63) is 0 Å². The molecule has 0 aromatic heterocycles. The molecule has 1 amide bonds. The summed E-state index contributed by atoms with van der Waals surface area (Å²) in [5.74, 6) is -0.982. The second kappa shape index (κ2) is 4.87. The second-order valence-electron chi connectivity index (χ2n) is 4.90. The summed E-state index contributed by atoms with van der Waals surface area (Å²) < 4.78 is 28.1. The Kier molecular flexibility index (Phi) is 3.61. The number of methoxy groups -OCH3 is 1. The van der Waals surface area contributed by atoms with Gasteiger partial charge in [0.2, 0.25) is 5.91 Å².